The summed E-state index contributed by atoms with van der Waals surface area (Å²) in [5.41, 5.74) is 0. The third kappa shape index (κ3) is 5.23. The zero-order valence-electron chi connectivity index (χ0n) is 13.8. The van der Waals surface area contributed by atoms with E-state index >= 15 is 0 Å². The highest BCUT2D eigenvalue weighted by Crippen LogP contribution is 2.24. The molecule has 0 aliphatic rings. The molecule has 0 aliphatic carbocycles. The van der Waals surface area contributed by atoms with Gasteiger partial charge in [0.25, 0.3) is 0 Å². The minimum absolute atomic E-state index is 0.217. The molecule has 0 unspecified atom stereocenters. The van der Waals surface area contributed by atoms with Gasteiger partial charge in [0.15, 0.2) is 0 Å². The molecule has 7 heteroatoms. The lowest BCUT2D eigenvalue weighted by Crippen LogP contribution is -2.26. The van der Waals surface area contributed by atoms with E-state index in [1.165, 1.54) is 12.1 Å². The van der Waals surface area contributed by atoms with E-state index in [4.69, 9.17) is 9.47 Å². The minimum Gasteiger partial charge on any atom is -0.497 e. The van der Waals surface area contributed by atoms with Crippen LogP contribution in [0.25, 0.3) is 0 Å². The predicted molar refractivity (Wildman–Crippen MR) is 93.2 cm³/mol. The summed E-state index contributed by atoms with van der Waals surface area (Å²) in [4.78, 5) is 0.217. The van der Waals surface area contributed by atoms with Gasteiger partial charge >= 0.3 is 0 Å². The maximum absolute atomic E-state index is 12.1. The molecule has 0 radical (unpaired) electrons. The largest absolute Gasteiger partial charge is 0.497 e. The molecule has 0 spiro atoms. The van der Waals surface area contributed by atoms with Gasteiger partial charge in [-0.2, -0.15) is 0 Å². The molecule has 2 aromatic carbocycles. The fourth-order valence-electron chi connectivity index (χ4n) is 2.02. The Morgan fingerprint density at radius 1 is 0.875 bits per heavy atom. The van der Waals surface area contributed by atoms with Gasteiger partial charge in [0, 0.05) is 6.54 Å². The Bertz CT molecular complexity index is 728. The van der Waals surface area contributed by atoms with E-state index in [1.807, 2.05) is 7.05 Å². The third-order valence-corrected chi connectivity index (χ3v) is 4.80. The third-order valence-electron chi connectivity index (χ3n) is 3.32. The number of hydrogen-bond donors (Lipinski definition) is 2. The number of nitrogens with one attached hydrogen (secondary N) is 2. The molecule has 2 aromatic rings. The average Bonchev–Trinajstić information content (AvgIpc) is 2.60. The number of hydrogen-bond acceptors (Lipinski definition) is 5. The fraction of sp³-hybridized carbons (Fsp3) is 0.294. The molecule has 0 aliphatic heterocycles. The van der Waals surface area contributed by atoms with Gasteiger partial charge in [-0.25, -0.2) is 13.1 Å². The van der Waals surface area contributed by atoms with Crippen LogP contribution in [0, 0.1) is 0 Å². The molecular formula is C17H22N2O4S. The Morgan fingerprint density at radius 2 is 1.42 bits per heavy atom. The molecule has 0 amide bonds. The Morgan fingerprint density at radius 3 is 1.96 bits per heavy atom. The van der Waals surface area contributed by atoms with Crippen LogP contribution in [0.3, 0.4) is 0 Å². The molecule has 0 saturated heterocycles. The van der Waals surface area contributed by atoms with Gasteiger partial charge in [-0.1, -0.05) is 0 Å². The first-order chi connectivity index (χ1) is 11.5. The van der Waals surface area contributed by atoms with E-state index in [2.05, 4.69) is 10.0 Å². The second-order valence-corrected chi connectivity index (χ2v) is 6.87. The second-order valence-electron chi connectivity index (χ2n) is 5.10. The van der Waals surface area contributed by atoms with Gasteiger partial charge in [-0.05, 0) is 68.5 Å². The number of benzene rings is 2. The lowest BCUT2D eigenvalue weighted by molar-refractivity contribution is 0.413. The summed E-state index contributed by atoms with van der Waals surface area (Å²) in [5.74, 6) is 1.96. The Hall–Kier alpha value is -2.09. The first-order valence-electron chi connectivity index (χ1n) is 7.61. The van der Waals surface area contributed by atoms with Crippen LogP contribution in [0.4, 0.5) is 0 Å². The van der Waals surface area contributed by atoms with Crippen molar-refractivity contribution < 1.29 is 17.9 Å². The van der Waals surface area contributed by atoms with Crippen molar-refractivity contribution in [2.24, 2.45) is 0 Å². The standard InChI is InChI=1S/C17H22N2O4S/c1-18-12-3-13-19-24(20,21)17-10-8-16(9-11-17)23-15-6-4-14(22-2)5-7-15/h4-11,18-19H,3,12-13H2,1-2H3. The van der Waals surface area contributed by atoms with Gasteiger partial charge in [0.1, 0.15) is 17.2 Å². The summed E-state index contributed by atoms with van der Waals surface area (Å²) in [6.45, 7) is 1.16. The normalized spacial score (nSPS) is 11.2. The molecule has 130 valence electrons. The van der Waals surface area contributed by atoms with Gasteiger partial charge in [0.05, 0.1) is 12.0 Å². The Balaban J connectivity index is 1.98. The van der Waals surface area contributed by atoms with Crippen LogP contribution in [-0.4, -0.2) is 35.7 Å². The minimum atomic E-state index is -3.49. The van der Waals surface area contributed by atoms with Crippen molar-refractivity contribution in [3.63, 3.8) is 0 Å². The molecule has 6 nitrogen and oxygen atoms in total. The summed E-state index contributed by atoms with van der Waals surface area (Å²) in [6, 6.07) is 13.5. The van der Waals surface area contributed by atoms with Crippen molar-refractivity contribution in [2.75, 3.05) is 27.2 Å². The summed E-state index contributed by atoms with van der Waals surface area (Å²) >= 11 is 0. The van der Waals surface area contributed by atoms with Crippen LogP contribution in [0.5, 0.6) is 17.2 Å². The molecule has 0 atom stereocenters. The number of rotatable bonds is 9. The van der Waals surface area contributed by atoms with Crippen molar-refractivity contribution in [3.8, 4) is 17.2 Å². The summed E-state index contributed by atoms with van der Waals surface area (Å²) < 4.78 is 37.6. The zero-order valence-corrected chi connectivity index (χ0v) is 14.6. The van der Waals surface area contributed by atoms with Gasteiger partial charge in [0.2, 0.25) is 10.0 Å². The highest BCUT2D eigenvalue weighted by Gasteiger charge is 2.13. The smallest absolute Gasteiger partial charge is 0.240 e. The average molecular weight is 350 g/mol. The topological polar surface area (TPSA) is 76.7 Å². The predicted octanol–water partition coefficient (Wildman–Crippen LogP) is 2.38. The molecule has 0 bridgehead atoms. The highest BCUT2D eigenvalue weighted by molar-refractivity contribution is 7.89. The van der Waals surface area contributed by atoms with Gasteiger partial charge in [-0.3, -0.25) is 0 Å². The Labute approximate surface area is 142 Å². The SMILES string of the molecule is CNCCCNS(=O)(=O)c1ccc(Oc2ccc(OC)cc2)cc1. The van der Waals surface area contributed by atoms with E-state index in [1.54, 1.807) is 43.5 Å². The van der Waals surface area contributed by atoms with Crippen LogP contribution in [0.2, 0.25) is 0 Å². The zero-order chi connectivity index (χ0) is 17.4. The lowest BCUT2D eigenvalue weighted by Gasteiger charge is -2.09. The summed E-state index contributed by atoms with van der Waals surface area (Å²) in [5, 5.41) is 2.97. The Kier molecular flexibility index (Phi) is 6.60. The van der Waals surface area contributed by atoms with Gasteiger partial charge in [-0.15, -0.1) is 0 Å². The van der Waals surface area contributed by atoms with E-state index in [0.717, 1.165) is 18.7 Å². The monoisotopic (exact) mass is 350 g/mol. The van der Waals surface area contributed by atoms with Crippen molar-refractivity contribution >= 4 is 10.0 Å². The van der Waals surface area contributed by atoms with E-state index in [-0.39, 0.29) is 4.90 Å². The quantitative estimate of drug-likeness (QED) is 0.679. The highest BCUT2D eigenvalue weighted by atomic mass is 32.2. The van der Waals surface area contributed by atoms with Crippen molar-refractivity contribution in [1.82, 2.24) is 10.0 Å². The molecule has 24 heavy (non-hydrogen) atoms. The number of sulfonamides is 1. The molecule has 0 saturated carbocycles. The van der Waals surface area contributed by atoms with Crippen LogP contribution >= 0.6 is 0 Å². The first-order valence-corrected chi connectivity index (χ1v) is 9.10. The van der Waals surface area contributed by atoms with Crippen molar-refractivity contribution in [3.05, 3.63) is 48.5 Å². The van der Waals surface area contributed by atoms with Crippen molar-refractivity contribution in [2.45, 2.75) is 11.3 Å². The number of ether oxygens (including phenoxy) is 2. The summed E-state index contributed by atoms with van der Waals surface area (Å²) in [7, 11) is -0.0608. The van der Waals surface area contributed by atoms with Crippen LogP contribution in [-0.2, 0) is 10.0 Å². The fourth-order valence-corrected chi connectivity index (χ4v) is 3.10. The van der Waals surface area contributed by atoms with E-state index in [0.29, 0.717) is 18.0 Å². The first kappa shape index (κ1) is 18.3. The summed E-state index contributed by atoms with van der Waals surface area (Å²) in [6.07, 6.45) is 0.731. The molecule has 2 N–H and O–H groups in total. The maximum atomic E-state index is 12.1. The maximum Gasteiger partial charge on any atom is 0.240 e. The van der Waals surface area contributed by atoms with Crippen LogP contribution in [0.1, 0.15) is 6.42 Å². The molecule has 0 aromatic heterocycles. The molecule has 2 rings (SSSR count). The van der Waals surface area contributed by atoms with E-state index < -0.39 is 10.0 Å². The molecule has 0 fully saturated rings. The van der Waals surface area contributed by atoms with Crippen LogP contribution < -0.4 is 19.5 Å². The molecular weight excluding hydrogens is 328 g/mol. The van der Waals surface area contributed by atoms with Crippen LogP contribution in [0.15, 0.2) is 53.4 Å². The van der Waals surface area contributed by atoms with E-state index in [9.17, 15) is 8.42 Å². The number of methoxy groups -OCH3 is 1. The van der Waals surface area contributed by atoms with Crippen molar-refractivity contribution in [1.29, 1.82) is 0 Å². The van der Waals surface area contributed by atoms with Gasteiger partial charge < -0.3 is 14.8 Å². The molecule has 0 heterocycles. The second kappa shape index (κ2) is 8.68. The lowest BCUT2D eigenvalue weighted by atomic mass is 10.3.